The Bertz CT molecular complexity index is 712. The van der Waals surface area contributed by atoms with Gasteiger partial charge in [-0.1, -0.05) is 29.8 Å². The van der Waals surface area contributed by atoms with E-state index in [-0.39, 0.29) is 30.7 Å². The average molecular weight is 388 g/mol. The number of hydrogen-bond donors (Lipinski definition) is 2. The minimum Gasteiger partial charge on any atom is -0.481 e. The van der Waals surface area contributed by atoms with Crippen LogP contribution in [0, 0.1) is 24.7 Å². The fraction of sp³-hybridized carbons (Fsp3) is 0.571. The molecule has 0 spiro atoms. The molecule has 2 aliphatic heterocycles. The number of likely N-dealkylation sites (tertiary alicyclic amines) is 1. The molecule has 1 aromatic carbocycles. The Kier molecular flexibility index (Phi) is 6.67. The summed E-state index contributed by atoms with van der Waals surface area (Å²) in [5.41, 5.74) is 2.19. The Morgan fingerprint density at radius 3 is 2.57 bits per heavy atom. The van der Waals surface area contributed by atoms with Gasteiger partial charge in [-0.3, -0.25) is 14.4 Å². The van der Waals surface area contributed by atoms with Crippen LogP contribution < -0.4 is 5.32 Å². The van der Waals surface area contributed by atoms with E-state index in [4.69, 9.17) is 4.74 Å². The molecule has 7 heteroatoms. The molecule has 0 aromatic heterocycles. The molecule has 28 heavy (non-hydrogen) atoms. The molecule has 2 aliphatic rings. The maximum atomic E-state index is 12.5. The number of nitrogens with one attached hydrogen (secondary N) is 1. The van der Waals surface area contributed by atoms with E-state index in [2.05, 4.69) is 5.32 Å². The van der Waals surface area contributed by atoms with Crippen molar-refractivity contribution >= 4 is 17.8 Å². The summed E-state index contributed by atoms with van der Waals surface area (Å²) in [4.78, 5) is 38.1. The first-order valence-corrected chi connectivity index (χ1v) is 9.85. The molecule has 2 saturated heterocycles. The first-order valence-electron chi connectivity index (χ1n) is 9.85. The molecule has 3 rings (SSSR count). The highest BCUT2D eigenvalue weighted by atomic mass is 16.5. The third-order valence-corrected chi connectivity index (χ3v) is 5.73. The van der Waals surface area contributed by atoms with E-state index in [1.54, 1.807) is 4.90 Å². The molecular weight excluding hydrogens is 360 g/mol. The Morgan fingerprint density at radius 1 is 1.25 bits per heavy atom. The molecule has 0 aliphatic carbocycles. The second-order valence-electron chi connectivity index (χ2n) is 7.80. The van der Waals surface area contributed by atoms with Gasteiger partial charge in [-0.25, -0.2) is 0 Å². The van der Waals surface area contributed by atoms with Gasteiger partial charge in [-0.2, -0.15) is 0 Å². The van der Waals surface area contributed by atoms with Crippen LogP contribution in [0.15, 0.2) is 24.3 Å². The lowest BCUT2D eigenvalue weighted by Crippen LogP contribution is -2.41. The van der Waals surface area contributed by atoms with Crippen molar-refractivity contribution in [2.24, 2.45) is 17.8 Å². The smallest absolute Gasteiger partial charge is 0.308 e. The van der Waals surface area contributed by atoms with Crippen LogP contribution in [0.4, 0.5) is 0 Å². The maximum Gasteiger partial charge on any atom is 0.308 e. The van der Waals surface area contributed by atoms with Crippen molar-refractivity contribution in [2.45, 2.75) is 32.7 Å². The minimum atomic E-state index is -0.893. The number of carbonyl (C=O) groups is 3. The number of nitrogens with zero attached hydrogens (tertiary/aromatic N) is 1. The first-order chi connectivity index (χ1) is 13.4. The molecule has 0 saturated carbocycles. The molecule has 7 nitrogen and oxygen atoms in total. The number of hydrogen-bond acceptors (Lipinski definition) is 4. The van der Waals surface area contributed by atoms with Crippen molar-refractivity contribution in [1.29, 1.82) is 0 Å². The molecule has 0 bridgehead atoms. The van der Waals surface area contributed by atoms with Gasteiger partial charge in [0.15, 0.2) is 0 Å². The number of carboxylic acids is 1. The van der Waals surface area contributed by atoms with E-state index in [0.29, 0.717) is 39.1 Å². The normalized spacial score (nSPS) is 21.5. The van der Waals surface area contributed by atoms with Gasteiger partial charge in [0.1, 0.15) is 0 Å². The summed E-state index contributed by atoms with van der Waals surface area (Å²) in [7, 11) is 0. The van der Waals surface area contributed by atoms with Crippen LogP contribution in [-0.4, -0.2) is 54.1 Å². The molecule has 2 unspecified atom stereocenters. The zero-order chi connectivity index (χ0) is 20.1. The topological polar surface area (TPSA) is 95.9 Å². The number of rotatable bonds is 7. The predicted octanol–water partition coefficient (Wildman–Crippen LogP) is 1.59. The van der Waals surface area contributed by atoms with Gasteiger partial charge >= 0.3 is 5.97 Å². The van der Waals surface area contributed by atoms with Crippen molar-refractivity contribution in [1.82, 2.24) is 10.2 Å². The lowest BCUT2D eigenvalue weighted by Gasteiger charge is -2.28. The Hall–Kier alpha value is -2.41. The second kappa shape index (κ2) is 9.19. The van der Waals surface area contributed by atoms with Crippen LogP contribution in [0.25, 0.3) is 0 Å². The van der Waals surface area contributed by atoms with Gasteiger partial charge in [-0.05, 0) is 31.2 Å². The van der Waals surface area contributed by atoms with Crippen LogP contribution in [0.1, 0.15) is 30.4 Å². The summed E-state index contributed by atoms with van der Waals surface area (Å²) >= 11 is 0. The lowest BCUT2D eigenvalue weighted by molar-refractivity contribution is -0.145. The van der Waals surface area contributed by atoms with E-state index in [1.807, 2.05) is 31.2 Å². The summed E-state index contributed by atoms with van der Waals surface area (Å²) in [6, 6.07) is 7.98. The highest BCUT2D eigenvalue weighted by Gasteiger charge is 2.36. The minimum absolute atomic E-state index is 0.00907. The van der Waals surface area contributed by atoms with Gasteiger partial charge in [0.25, 0.3) is 0 Å². The van der Waals surface area contributed by atoms with Crippen molar-refractivity contribution in [3.8, 4) is 0 Å². The number of carboxylic acid groups (broad SMARTS) is 1. The Balaban J connectivity index is 1.52. The highest BCUT2D eigenvalue weighted by Crippen LogP contribution is 2.25. The van der Waals surface area contributed by atoms with Crippen LogP contribution in [-0.2, 0) is 25.7 Å². The fourth-order valence-electron chi connectivity index (χ4n) is 3.94. The van der Waals surface area contributed by atoms with Crippen LogP contribution in [0.5, 0.6) is 0 Å². The van der Waals surface area contributed by atoms with E-state index in [9.17, 15) is 19.5 Å². The molecular formula is C21H28N2O5. The number of carbonyl (C=O) groups excluding carboxylic acids is 2. The highest BCUT2D eigenvalue weighted by molar-refractivity contribution is 5.89. The third-order valence-electron chi connectivity index (χ3n) is 5.73. The molecule has 2 amide bonds. The largest absolute Gasteiger partial charge is 0.481 e. The zero-order valence-electron chi connectivity index (χ0n) is 16.2. The van der Waals surface area contributed by atoms with Crippen LogP contribution in [0.3, 0.4) is 0 Å². The summed E-state index contributed by atoms with van der Waals surface area (Å²) < 4.78 is 5.29. The number of amides is 2. The third kappa shape index (κ3) is 5.10. The number of ether oxygens (including phenoxy) is 1. The summed E-state index contributed by atoms with van der Waals surface area (Å²) in [6.45, 7) is 4.09. The van der Waals surface area contributed by atoms with Gasteiger partial charge in [0, 0.05) is 39.3 Å². The quantitative estimate of drug-likeness (QED) is 0.739. The van der Waals surface area contributed by atoms with Gasteiger partial charge in [-0.15, -0.1) is 0 Å². The second-order valence-corrected chi connectivity index (χ2v) is 7.80. The standard InChI is InChI=1S/C21H28N2O5/c1-14-2-4-15(5-3-14)12-23-13-17(10-19(23)24)20(25)22-11-18(21(26)27)16-6-8-28-9-7-16/h2-5,16-18H,6-13H2,1H3,(H,22,25)(H,26,27). The Labute approximate surface area is 165 Å². The molecule has 2 atom stereocenters. The summed E-state index contributed by atoms with van der Waals surface area (Å²) in [5.74, 6) is -2.21. The van der Waals surface area contributed by atoms with Crippen molar-refractivity contribution in [3.05, 3.63) is 35.4 Å². The summed E-state index contributed by atoms with van der Waals surface area (Å²) in [6.07, 6.45) is 1.56. The zero-order valence-corrected chi connectivity index (χ0v) is 16.2. The SMILES string of the molecule is Cc1ccc(CN2CC(C(=O)NCC(C(=O)O)C3CCOCC3)CC2=O)cc1. The monoisotopic (exact) mass is 388 g/mol. The van der Waals surface area contributed by atoms with Crippen LogP contribution in [0.2, 0.25) is 0 Å². The van der Waals surface area contributed by atoms with Gasteiger partial charge < -0.3 is 20.1 Å². The molecule has 2 heterocycles. The van der Waals surface area contributed by atoms with Gasteiger partial charge in [0.05, 0.1) is 11.8 Å². The Morgan fingerprint density at radius 2 is 1.93 bits per heavy atom. The maximum absolute atomic E-state index is 12.5. The van der Waals surface area contributed by atoms with Crippen LogP contribution >= 0.6 is 0 Å². The van der Waals surface area contributed by atoms with E-state index >= 15 is 0 Å². The predicted molar refractivity (Wildman–Crippen MR) is 102 cm³/mol. The van der Waals surface area contributed by atoms with E-state index < -0.39 is 17.8 Å². The molecule has 2 fully saturated rings. The van der Waals surface area contributed by atoms with E-state index in [0.717, 1.165) is 11.1 Å². The molecule has 152 valence electrons. The first kappa shape index (κ1) is 20.3. The van der Waals surface area contributed by atoms with Crippen molar-refractivity contribution < 1.29 is 24.2 Å². The molecule has 0 radical (unpaired) electrons. The van der Waals surface area contributed by atoms with Crippen molar-refractivity contribution in [2.75, 3.05) is 26.3 Å². The van der Waals surface area contributed by atoms with Crippen molar-refractivity contribution in [3.63, 3.8) is 0 Å². The number of aliphatic carboxylic acids is 1. The molecule has 2 N–H and O–H groups in total. The average Bonchev–Trinajstić information content (AvgIpc) is 3.05. The fourth-order valence-corrected chi connectivity index (χ4v) is 3.94. The molecule has 1 aromatic rings. The number of benzene rings is 1. The van der Waals surface area contributed by atoms with Gasteiger partial charge in [0.2, 0.25) is 11.8 Å². The van der Waals surface area contributed by atoms with E-state index in [1.165, 1.54) is 0 Å². The summed E-state index contributed by atoms with van der Waals surface area (Å²) in [5, 5.41) is 12.3. The number of aryl methyl sites for hydroxylation is 1. The lowest BCUT2D eigenvalue weighted by atomic mass is 9.86.